The molecule has 1 aliphatic heterocycles. The summed E-state index contributed by atoms with van der Waals surface area (Å²) >= 11 is 0. The molecule has 3 aromatic carbocycles. The normalized spacial score (nSPS) is 17.2. The maximum absolute atomic E-state index is 13.3. The third-order valence-electron chi connectivity index (χ3n) is 7.45. The molecule has 5 rings (SSSR count). The van der Waals surface area contributed by atoms with Crippen LogP contribution in [-0.2, 0) is 32.3 Å². The topological polar surface area (TPSA) is 88.5 Å². The van der Waals surface area contributed by atoms with Crippen LogP contribution in [0.25, 0.3) is 10.8 Å². The maximum Gasteiger partial charge on any atom is 0.528 e. The zero-order chi connectivity index (χ0) is 31.6. The first kappa shape index (κ1) is 32.2. The van der Waals surface area contributed by atoms with Crippen molar-refractivity contribution in [3.63, 3.8) is 0 Å². The van der Waals surface area contributed by atoms with E-state index >= 15 is 0 Å². The summed E-state index contributed by atoms with van der Waals surface area (Å²) in [5.74, 6) is 0.513. The van der Waals surface area contributed by atoms with Crippen LogP contribution in [0, 0.1) is 0 Å². The lowest BCUT2D eigenvalue weighted by atomic mass is 10.0. The van der Waals surface area contributed by atoms with Gasteiger partial charge in [-0.25, -0.2) is 4.79 Å². The van der Waals surface area contributed by atoms with Gasteiger partial charge in [-0.1, -0.05) is 66.7 Å². The second-order valence-electron chi connectivity index (χ2n) is 12.2. The molecule has 0 spiro atoms. The highest BCUT2D eigenvalue weighted by molar-refractivity contribution is 5.82. The summed E-state index contributed by atoms with van der Waals surface area (Å²) in [5.41, 5.74) is 1.29. The zero-order valence-electron chi connectivity index (χ0n) is 26.2. The van der Waals surface area contributed by atoms with Crippen LogP contribution in [0.15, 0.2) is 95.9 Å². The number of benzene rings is 3. The molecule has 238 valence electrons. The highest BCUT2D eigenvalue weighted by Gasteiger charge is 2.34. The summed E-state index contributed by atoms with van der Waals surface area (Å²) < 4.78 is 25.0. The number of hydroxylamine groups is 2. The Hall–Kier alpha value is -4.18. The smallest absolute Gasteiger partial charge is 0.493 e. The van der Waals surface area contributed by atoms with Crippen molar-refractivity contribution in [1.82, 2.24) is 9.63 Å². The van der Waals surface area contributed by atoms with Gasteiger partial charge in [0.2, 0.25) is 0 Å². The number of rotatable bonds is 12. The number of piperidine rings is 1. The van der Waals surface area contributed by atoms with Crippen LogP contribution in [0.1, 0.15) is 50.8 Å². The Labute approximate surface area is 264 Å². The zero-order valence-corrected chi connectivity index (χ0v) is 26.2. The Morgan fingerprint density at radius 1 is 0.867 bits per heavy atom. The molecule has 2 heterocycles. The standard InChI is InChI=1S/C36H42N2O7/c1-36(2,3)44-35(40)45-37-18-17-32(33(24-37)43-26-28-14-15-29-12-7-8-13-30(29)22-28)38-19-16-31(23-34(38)39)42-21-9-20-41-25-27-10-5-4-6-11-27/h4-8,10-16,19,22-23,32-33H,9,17-18,20-21,24-26H2,1-3H3. The molecule has 1 saturated heterocycles. The van der Waals surface area contributed by atoms with E-state index in [9.17, 15) is 9.59 Å². The molecule has 0 saturated carbocycles. The van der Waals surface area contributed by atoms with Crippen LogP contribution < -0.4 is 10.3 Å². The first-order valence-corrected chi connectivity index (χ1v) is 15.5. The quantitative estimate of drug-likeness (QED) is 0.129. The lowest BCUT2D eigenvalue weighted by molar-refractivity contribution is -0.184. The van der Waals surface area contributed by atoms with E-state index in [1.807, 2.05) is 48.5 Å². The molecule has 1 aromatic heterocycles. The van der Waals surface area contributed by atoms with Crippen molar-refractivity contribution in [1.29, 1.82) is 0 Å². The van der Waals surface area contributed by atoms with Gasteiger partial charge < -0.3 is 28.4 Å². The summed E-state index contributed by atoms with van der Waals surface area (Å²) in [6, 6.07) is 27.4. The molecule has 9 nitrogen and oxygen atoms in total. The van der Waals surface area contributed by atoms with Gasteiger partial charge in [0.1, 0.15) is 11.4 Å². The SMILES string of the molecule is CC(C)(C)OC(=O)ON1CCC(n2ccc(OCCCOCc3ccccc3)cc2=O)C(OCc2ccc3ccccc3c2)C1. The summed E-state index contributed by atoms with van der Waals surface area (Å²) in [7, 11) is 0. The molecule has 9 heteroatoms. The lowest BCUT2D eigenvalue weighted by Crippen LogP contribution is -2.48. The first-order chi connectivity index (χ1) is 21.7. The number of nitrogens with zero attached hydrogens (tertiary/aromatic N) is 2. The molecule has 4 aromatic rings. The van der Waals surface area contributed by atoms with Crippen LogP contribution in [0.3, 0.4) is 0 Å². The predicted octanol–water partition coefficient (Wildman–Crippen LogP) is 6.69. The third kappa shape index (κ3) is 9.65. The van der Waals surface area contributed by atoms with E-state index in [0.29, 0.717) is 51.6 Å². The number of hydrogen-bond acceptors (Lipinski definition) is 8. The van der Waals surface area contributed by atoms with Crippen LogP contribution >= 0.6 is 0 Å². The van der Waals surface area contributed by atoms with Crippen LogP contribution in [0.2, 0.25) is 0 Å². The van der Waals surface area contributed by atoms with Crippen LogP contribution in [0.5, 0.6) is 5.75 Å². The largest absolute Gasteiger partial charge is 0.528 e. The highest BCUT2D eigenvalue weighted by Crippen LogP contribution is 2.27. The van der Waals surface area contributed by atoms with Crippen LogP contribution in [-0.4, -0.2) is 53.8 Å². The van der Waals surface area contributed by atoms with Gasteiger partial charge in [-0.3, -0.25) is 4.79 Å². The minimum Gasteiger partial charge on any atom is -0.493 e. The van der Waals surface area contributed by atoms with Gasteiger partial charge in [0, 0.05) is 25.2 Å². The minimum atomic E-state index is -0.765. The van der Waals surface area contributed by atoms with Gasteiger partial charge in [-0.2, -0.15) is 0 Å². The molecule has 1 fully saturated rings. The third-order valence-corrected chi connectivity index (χ3v) is 7.45. The van der Waals surface area contributed by atoms with Gasteiger partial charge >= 0.3 is 6.16 Å². The van der Waals surface area contributed by atoms with E-state index in [0.717, 1.165) is 21.9 Å². The van der Waals surface area contributed by atoms with Crippen molar-refractivity contribution in [2.24, 2.45) is 0 Å². The molecule has 0 N–H and O–H groups in total. The average molecular weight is 615 g/mol. The van der Waals surface area contributed by atoms with Gasteiger partial charge in [0.15, 0.2) is 0 Å². The van der Waals surface area contributed by atoms with Crippen molar-refractivity contribution >= 4 is 16.9 Å². The Bertz CT molecular complexity index is 1600. The van der Waals surface area contributed by atoms with Gasteiger partial charge in [0.25, 0.3) is 5.56 Å². The molecular formula is C36H42N2O7. The Kier molecular flexibility index (Phi) is 10.9. The number of fused-ring (bicyclic) bond motifs is 1. The molecule has 0 aliphatic carbocycles. The summed E-state index contributed by atoms with van der Waals surface area (Å²) in [6.07, 6.45) is 1.79. The van der Waals surface area contributed by atoms with Crippen molar-refractivity contribution < 1.29 is 28.6 Å². The van der Waals surface area contributed by atoms with E-state index < -0.39 is 17.9 Å². The number of pyridine rings is 1. The summed E-state index contributed by atoms with van der Waals surface area (Å²) in [5, 5.41) is 3.84. The second kappa shape index (κ2) is 15.2. The van der Waals surface area contributed by atoms with Gasteiger partial charge in [-0.15, -0.1) is 5.06 Å². The summed E-state index contributed by atoms with van der Waals surface area (Å²) in [4.78, 5) is 31.2. The van der Waals surface area contributed by atoms with Gasteiger partial charge in [-0.05, 0) is 61.2 Å². The highest BCUT2D eigenvalue weighted by atomic mass is 16.8. The van der Waals surface area contributed by atoms with Gasteiger partial charge in [0.05, 0.1) is 45.1 Å². The molecule has 0 radical (unpaired) electrons. The van der Waals surface area contributed by atoms with E-state index in [4.69, 9.17) is 23.8 Å². The first-order valence-electron chi connectivity index (χ1n) is 15.5. The summed E-state index contributed by atoms with van der Waals surface area (Å²) in [6.45, 7) is 7.97. The predicted molar refractivity (Wildman–Crippen MR) is 172 cm³/mol. The number of carbonyl (C=O) groups excluding carboxylic acids is 1. The van der Waals surface area contributed by atoms with E-state index in [-0.39, 0.29) is 18.1 Å². The van der Waals surface area contributed by atoms with E-state index in [2.05, 4.69) is 24.3 Å². The second-order valence-corrected chi connectivity index (χ2v) is 12.2. The number of aromatic nitrogens is 1. The number of carbonyl (C=O) groups is 1. The van der Waals surface area contributed by atoms with Crippen molar-refractivity contribution in [3.05, 3.63) is 113 Å². The van der Waals surface area contributed by atoms with Crippen molar-refractivity contribution in [3.8, 4) is 5.75 Å². The fourth-order valence-electron chi connectivity index (χ4n) is 5.30. The fraction of sp³-hybridized carbons (Fsp3) is 0.389. The molecular weight excluding hydrogens is 572 g/mol. The van der Waals surface area contributed by atoms with Crippen LogP contribution in [0.4, 0.5) is 4.79 Å². The minimum absolute atomic E-state index is 0.182. The Balaban J connectivity index is 1.21. The lowest BCUT2D eigenvalue weighted by Gasteiger charge is -2.38. The molecule has 0 amide bonds. The van der Waals surface area contributed by atoms with E-state index in [1.54, 1.807) is 42.7 Å². The monoisotopic (exact) mass is 614 g/mol. The number of hydrogen-bond donors (Lipinski definition) is 0. The molecule has 1 aliphatic rings. The fourth-order valence-corrected chi connectivity index (χ4v) is 5.30. The van der Waals surface area contributed by atoms with E-state index in [1.165, 1.54) is 6.07 Å². The molecule has 45 heavy (non-hydrogen) atoms. The van der Waals surface area contributed by atoms with Crippen molar-refractivity contribution in [2.45, 2.75) is 64.6 Å². The number of ether oxygens (including phenoxy) is 4. The molecule has 2 atom stereocenters. The maximum atomic E-state index is 13.3. The average Bonchev–Trinajstić information content (AvgIpc) is 3.01. The Morgan fingerprint density at radius 2 is 1.64 bits per heavy atom. The molecule has 0 bridgehead atoms. The Morgan fingerprint density at radius 3 is 2.42 bits per heavy atom. The van der Waals surface area contributed by atoms with Crippen molar-refractivity contribution in [2.75, 3.05) is 26.3 Å². The molecule has 2 unspecified atom stereocenters.